The number of aromatic nitrogens is 2. The van der Waals surface area contributed by atoms with Gasteiger partial charge in [0.25, 0.3) is 0 Å². The maximum Gasteiger partial charge on any atom is 0.323 e. The molecule has 48 heavy (non-hydrogen) atoms. The maximum atomic E-state index is 12.4. The van der Waals surface area contributed by atoms with E-state index in [-0.39, 0.29) is 11.7 Å². The molecule has 10 heteroatoms. The van der Waals surface area contributed by atoms with Crippen LogP contribution < -0.4 is 29.4 Å². The monoisotopic (exact) mass is 650 g/mol. The molecule has 0 unspecified atom stereocenters. The first-order chi connectivity index (χ1) is 23.2. The lowest BCUT2D eigenvalue weighted by molar-refractivity contribution is 0.228. The highest BCUT2D eigenvalue weighted by molar-refractivity contribution is 5.82. The summed E-state index contributed by atoms with van der Waals surface area (Å²) in [7, 11) is 9.23. The molecule has 0 radical (unpaired) electrons. The van der Waals surface area contributed by atoms with Crippen LogP contribution in [0.1, 0.15) is 39.4 Å². The summed E-state index contributed by atoms with van der Waals surface area (Å²) in [6.07, 6.45) is 2.46. The maximum absolute atomic E-state index is 12.4. The largest absolute Gasteiger partial charge is 0.493 e. The van der Waals surface area contributed by atoms with Gasteiger partial charge in [0.15, 0.2) is 28.7 Å². The van der Waals surface area contributed by atoms with Crippen molar-refractivity contribution in [3.63, 3.8) is 0 Å². The number of H-pyrrole nitrogens is 2. The normalized spacial score (nSPS) is 16.3. The Bertz CT molecular complexity index is 2030. The van der Waals surface area contributed by atoms with Gasteiger partial charge in [0.1, 0.15) is 11.3 Å². The molecule has 1 atom stereocenters. The summed E-state index contributed by atoms with van der Waals surface area (Å²) in [5.74, 6) is 4.45. The summed E-state index contributed by atoms with van der Waals surface area (Å²) < 4.78 is 30.7. The summed E-state index contributed by atoms with van der Waals surface area (Å²) in [5, 5.41) is 0. The highest BCUT2D eigenvalue weighted by atomic mass is 16.5. The van der Waals surface area contributed by atoms with Gasteiger partial charge in [-0.25, -0.2) is 4.79 Å². The Morgan fingerprint density at radius 2 is 1.52 bits per heavy atom. The Morgan fingerprint density at radius 1 is 0.771 bits per heavy atom. The lowest BCUT2D eigenvalue weighted by atomic mass is 9.88. The highest BCUT2D eigenvalue weighted by Gasteiger charge is 2.30. The number of imidazole rings is 1. The van der Waals surface area contributed by atoms with Gasteiger partial charge in [-0.3, -0.25) is 4.90 Å². The zero-order valence-electron chi connectivity index (χ0n) is 28.4. The summed E-state index contributed by atoms with van der Waals surface area (Å²) in [6, 6.07) is 18.3. The van der Waals surface area contributed by atoms with Crippen LogP contribution in [0.25, 0.3) is 11.0 Å². The molecule has 3 heterocycles. The van der Waals surface area contributed by atoms with Crippen molar-refractivity contribution in [1.29, 1.82) is 0 Å². The zero-order valence-corrected chi connectivity index (χ0v) is 28.4. The third kappa shape index (κ3) is 5.97. The van der Waals surface area contributed by atoms with Gasteiger partial charge in [-0.2, -0.15) is 0 Å². The number of aryl methyl sites for hydroxylation is 1. The molecule has 2 N–H and O–H groups in total. The van der Waals surface area contributed by atoms with Crippen LogP contribution >= 0.6 is 0 Å². The Morgan fingerprint density at radius 3 is 2.27 bits per heavy atom. The van der Waals surface area contributed by atoms with Gasteiger partial charge in [-0.05, 0) is 105 Å². The minimum atomic E-state index is -0.272. The van der Waals surface area contributed by atoms with Gasteiger partial charge in [0.2, 0.25) is 5.75 Å². The third-order valence-corrected chi connectivity index (χ3v) is 9.60. The number of hydrogen-bond acceptors (Lipinski definition) is 8. The molecule has 10 nitrogen and oxygen atoms in total. The first kappa shape index (κ1) is 31.7. The molecule has 2 aliphatic heterocycles. The van der Waals surface area contributed by atoms with Crippen molar-refractivity contribution < 1.29 is 23.7 Å². The fraction of sp³-hybridized carbons (Fsp3) is 0.342. The standard InChI is InChI=1S/C38H42N4O6/c1-22-7-9-26(10-8-22)47-33-17-23(15-29-35(33)40-38(43)39-29)16-30-27-20-32(31(44-4)18-24(27)12-14-42(30)3)48-36-28-21-41(2)13-11-25(28)19-34(45-5)37(36)46-6/h7-10,15,17-20,30H,11-14,16,21H2,1-6H3,(H2,39,40,43)/t30-/m1/s1. The molecule has 0 amide bonds. The number of fused-ring (bicyclic) bond motifs is 3. The molecule has 0 spiro atoms. The van der Waals surface area contributed by atoms with Crippen LogP contribution in [0.2, 0.25) is 0 Å². The number of nitrogens with zero attached hydrogens (tertiary/aromatic N) is 2. The van der Waals surface area contributed by atoms with E-state index >= 15 is 0 Å². The van der Waals surface area contributed by atoms with E-state index in [0.717, 1.165) is 54.7 Å². The molecule has 250 valence electrons. The smallest absolute Gasteiger partial charge is 0.323 e. The van der Waals surface area contributed by atoms with Crippen LogP contribution in [-0.4, -0.2) is 68.3 Å². The summed E-state index contributed by atoms with van der Waals surface area (Å²) in [4.78, 5) is 22.9. The third-order valence-electron chi connectivity index (χ3n) is 9.60. The molecule has 0 fully saturated rings. The Hall–Kier alpha value is -4.93. The summed E-state index contributed by atoms with van der Waals surface area (Å²) >= 11 is 0. The van der Waals surface area contributed by atoms with E-state index in [4.69, 9.17) is 23.7 Å². The van der Waals surface area contributed by atoms with Crippen LogP contribution in [0.4, 0.5) is 0 Å². The van der Waals surface area contributed by atoms with Crippen molar-refractivity contribution in [1.82, 2.24) is 19.8 Å². The molecular weight excluding hydrogens is 608 g/mol. The molecular formula is C38H42N4O6. The summed E-state index contributed by atoms with van der Waals surface area (Å²) in [5.41, 5.74) is 7.92. The second kappa shape index (κ2) is 12.9. The fourth-order valence-corrected chi connectivity index (χ4v) is 6.99. The van der Waals surface area contributed by atoms with Crippen molar-refractivity contribution in [3.8, 4) is 40.2 Å². The summed E-state index contributed by atoms with van der Waals surface area (Å²) in [6.45, 7) is 4.62. The topological polar surface area (TPSA) is 101 Å². The van der Waals surface area contributed by atoms with Crippen molar-refractivity contribution in [3.05, 3.63) is 98.5 Å². The first-order valence-corrected chi connectivity index (χ1v) is 16.3. The average molecular weight is 651 g/mol. The molecule has 5 aromatic rings. The second-order valence-electron chi connectivity index (χ2n) is 12.8. The molecule has 0 bridgehead atoms. The lowest BCUT2D eigenvalue weighted by Crippen LogP contribution is -2.33. The van der Waals surface area contributed by atoms with E-state index in [0.29, 0.717) is 57.7 Å². The average Bonchev–Trinajstić information content (AvgIpc) is 3.47. The highest BCUT2D eigenvalue weighted by Crippen LogP contribution is 2.48. The van der Waals surface area contributed by atoms with Crippen LogP contribution in [0.5, 0.6) is 40.2 Å². The van der Waals surface area contributed by atoms with Gasteiger partial charge in [0.05, 0.1) is 26.8 Å². The van der Waals surface area contributed by atoms with Crippen LogP contribution in [0.3, 0.4) is 0 Å². The quantitative estimate of drug-likeness (QED) is 0.186. The van der Waals surface area contributed by atoms with E-state index in [1.807, 2.05) is 43.3 Å². The van der Waals surface area contributed by atoms with Crippen LogP contribution in [0.15, 0.2) is 59.4 Å². The number of likely N-dealkylation sites (N-methyl/N-ethyl adjacent to an activating group) is 2. The van der Waals surface area contributed by atoms with Crippen molar-refractivity contribution in [2.24, 2.45) is 0 Å². The predicted octanol–water partition coefficient (Wildman–Crippen LogP) is 6.53. The van der Waals surface area contributed by atoms with Crippen molar-refractivity contribution in [2.75, 3.05) is 48.5 Å². The van der Waals surface area contributed by atoms with E-state index in [2.05, 4.69) is 52.1 Å². The molecule has 2 aliphatic rings. The van der Waals surface area contributed by atoms with Crippen molar-refractivity contribution >= 4 is 11.0 Å². The molecule has 0 aliphatic carbocycles. The first-order valence-electron chi connectivity index (χ1n) is 16.3. The SMILES string of the molecule is COc1cc2c(cc1Oc1c3c(cc(OC)c1OC)CCN(C)C3)[C@@H](Cc1cc(Oc3ccc(C)cc3)c3[nH]c(=O)[nH]c3c1)N(C)CC2. The zero-order chi connectivity index (χ0) is 33.5. The predicted molar refractivity (Wildman–Crippen MR) is 186 cm³/mol. The number of aromatic amines is 2. The minimum Gasteiger partial charge on any atom is -0.493 e. The number of hydrogen-bond donors (Lipinski definition) is 2. The Kier molecular flexibility index (Phi) is 8.53. The fourth-order valence-electron chi connectivity index (χ4n) is 6.99. The minimum absolute atomic E-state index is 0.0320. The van der Waals surface area contributed by atoms with Gasteiger partial charge in [-0.1, -0.05) is 17.7 Å². The van der Waals surface area contributed by atoms with E-state index in [9.17, 15) is 4.79 Å². The molecule has 7 rings (SSSR count). The number of rotatable bonds is 9. The van der Waals surface area contributed by atoms with E-state index in [1.165, 1.54) is 11.1 Å². The van der Waals surface area contributed by atoms with Crippen LogP contribution in [-0.2, 0) is 25.8 Å². The Balaban J connectivity index is 1.28. The van der Waals surface area contributed by atoms with Crippen molar-refractivity contribution in [2.45, 2.75) is 38.8 Å². The molecule has 1 aromatic heterocycles. The van der Waals surface area contributed by atoms with Gasteiger partial charge >= 0.3 is 5.69 Å². The van der Waals surface area contributed by atoms with Crippen LogP contribution in [0, 0.1) is 6.92 Å². The van der Waals surface area contributed by atoms with E-state index < -0.39 is 0 Å². The molecule has 0 saturated heterocycles. The number of benzene rings is 4. The van der Waals surface area contributed by atoms with Gasteiger partial charge in [0, 0.05) is 31.2 Å². The molecule has 4 aromatic carbocycles. The second-order valence-corrected chi connectivity index (χ2v) is 12.8. The molecule has 0 saturated carbocycles. The number of nitrogens with one attached hydrogen (secondary N) is 2. The number of ether oxygens (including phenoxy) is 5. The number of methoxy groups -OCH3 is 3. The Labute approximate surface area is 280 Å². The van der Waals surface area contributed by atoms with Gasteiger partial charge < -0.3 is 38.6 Å². The van der Waals surface area contributed by atoms with E-state index in [1.54, 1.807) is 21.3 Å². The lowest BCUT2D eigenvalue weighted by Gasteiger charge is -2.35. The van der Waals surface area contributed by atoms with Gasteiger partial charge in [-0.15, -0.1) is 0 Å².